The Morgan fingerprint density at radius 2 is 1.93 bits per heavy atom. The average molecular weight is 386 g/mol. The molecule has 0 saturated heterocycles. The van der Waals surface area contributed by atoms with Gasteiger partial charge in [-0.15, -0.1) is 0 Å². The molecule has 0 aliphatic heterocycles. The van der Waals surface area contributed by atoms with Crippen LogP contribution in [-0.4, -0.2) is 37.8 Å². The van der Waals surface area contributed by atoms with Crippen LogP contribution in [0.5, 0.6) is 5.75 Å². The minimum atomic E-state index is -0.503. The number of ether oxygens (including phenoxy) is 1. The van der Waals surface area contributed by atoms with Gasteiger partial charge in [0.15, 0.2) is 0 Å². The van der Waals surface area contributed by atoms with Gasteiger partial charge in [-0.1, -0.05) is 24.3 Å². The fraction of sp³-hybridized carbons (Fsp3) is 0.286. The highest BCUT2D eigenvalue weighted by molar-refractivity contribution is 5.76. The van der Waals surface area contributed by atoms with Crippen molar-refractivity contribution in [2.24, 2.45) is 0 Å². The summed E-state index contributed by atoms with van der Waals surface area (Å²) >= 11 is 0. The third-order valence-corrected chi connectivity index (χ3v) is 4.23. The molecule has 2 N–H and O–H groups in total. The highest BCUT2D eigenvalue weighted by atomic mass is 16.5. The summed E-state index contributed by atoms with van der Waals surface area (Å²) in [6.45, 7) is 4.41. The summed E-state index contributed by atoms with van der Waals surface area (Å²) in [4.78, 5) is 33.0. The number of benzene rings is 2. The smallest absolute Gasteiger partial charge is 0.245 e. The van der Waals surface area contributed by atoms with Crippen molar-refractivity contribution in [3.05, 3.63) is 59.7 Å². The molecule has 28 heavy (non-hydrogen) atoms. The van der Waals surface area contributed by atoms with Gasteiger partial charge in [0.2, 0.25) is 5.91 Å². The number of hydrogen-bond donors (Lipinski definition) is 2. The first-order valence-corrected chi connectivity index (χ1v) is 8.79. The molecule has 0 heterocycles. The molecular weight excluding hydrogens is 360 g/mol. The molecule has 0 aliphatic carbocycles. The van der Waals surface area contributed by atoms with Crippen molar-refractivity contribution in [2.45, 2.75) is 25.8 Å². The minimum absolute atomic E-state index is 0.0311. The Bertz CT molecular complexity index is 752. The molecule has 0 spiro atoms. The Labute approximate surface area is 164 Å². The third kappa shape index (κ3) is 6.21. The molecule has 0 bridgehead atoms. The maximum atomic E-state index is 11.9. The summed E-state index contributed by atoms with van der Waals surface area (Å²) in [6.07, 6.45) is 1.11. The van der Waals surface area contributed by atoms with Gasteiger partial charge < -0.3 is 19.2 Å². The second kappa shape index (κ2) is 12.2. The van der Waals surface area contributed by atoms with Crippen LogP contribution in [0.15, 0.2) is 48.5 Å². The quantitative estimate of drug-likeness (QED) is 0.391. The topological polar surface area (TPSA) is 95.9 Å². The largest absolute Gasteiger partial charge is 0.494 e. The molecule has 2 rings (SSSR count). The van der Waals surface area contributed by atoms with E-state index in [9.17, 15) is 9.59 Å². The molecule has 7 heteroatoms. The van der Waals surface area contributed by atoms with Gasteiger partial charge in [0.1, 0.15) is 18.8 Å². The van der Waals surface area contributed by atoms with Gasteiger partial charge >= 0.3 is 0 Å². The summed E-state index contributed by atoms with van der Waals surface area (Å²) in [5, 5.41) is 9.00. The fourth-order valence-corrected chi connectivity index (χ4v) is 2.94. The molecule has 7 nitrogen and oxygen atoms in total. The van der Waals surface area contributed by atoms with E-state index in [0.717, 1.165) is 23.1 Å². The van der Waals surface area contributed by atoms with Gasteiger partial charge in [-0.25, -0.2) is 5.48 Å². The first kappa shape index (κ1) is 22.9. The monoisotopic (exact) mass is 386 g/mol. The van der Waals surface area contributed by atoms with Gasteiger partial charge in [-0.3, -0.25) is 10.0 Å². The van der Waals surface area contributed by atoms with Crippen LogP contribution in [0, 0.1) is 0 Å². The lowest BCUT2D eigenvalue weighted by Gasteiger charge is -2.31. The predicted molar refractivity (Wildman–Crippen MR) is 107 cm³/mol. The van der Waals surface area contributed by atoms with Crippen LogP contribution in [0.1, 0.15) is 30.5 Å². The van der Waals surface area contributed by atoms with E-state index in [2.05, 4.69) is 0 Å². The number of nitrogens with zero attached hydrogens (tertiary/aromatic N) is 1. The summed E-state index contributed by atoms with van der Waals surface area (Å²) in [5.41, 5.74) is 4.25. The molecule has 0 aliphatic rings. The highest BCUT2D eigenvalue weighted by Gasteiger charge is 2.24. The summed E-state index contributed by atoms with van der Waals surface area (Å²) in [6, 6.07) is 14.8. The minimum Gasteiger partial charge on any atom is -0.494 e. The highest BCUT2D eigenvalue weighted by Crippen LogP contribution is 2.33. The molecule has 2 aromatic rings. The number of hydroxylamine groups is 1. The molecule has 0 fully saturated rings. The van der Waals surface area contributed by atoms with E-state index in [-0.39, 0.29) is 18.9 Å². The van der Waals surface area contributed by atoms with Crippen molar-refractivity contribution < 1.29 is 24.3 Å². The number of carbonyl (C=O) groups is 3. The summed E-state index contributed by atoms with van der Waals surface area (Å²) in [5.74, 6) is 0.171. The van der Waals surface area contributed by atoms with Crippen molar-refractivity contribution >= 4 is 24.7 Å². The Morgan fingerprint density at radius 1 is 1.25 bits per heavy atom. The van der Waals surface area contributed by atoms with Crippen molar-refractivity contribution in [1.82, 2.24) is 5.48 Å². The Morgan fingerprint density at radius 3 is 2.50 bits per heavy atom. The van der Waals surface area contributed by atoms with Crippen LogP contribution in [0.3, 0.4) is 0 Å². The second-order valence-electron chi connectivity index (χ2n) is 5.87. The summed E-state index contributed by atoms with van der Waals surface area (Å²) < 4.78 is 5.59. The van der Waals surface area contributed by atoms with Gasteiger partial charge in [0.25, 0.3) is 0 Å². The van der Waals surface area contributed by atoms with E-state index in [1.54, 1.807) is 5.48 Å². The Hall–Kier alpha value is -3.19. The van der Waals surface area contributed by atoms with Crippen molar-refractivity contribution in [1.29, 1.82) is 0 Å². The second-order valence-corrected chi connectivity index (χ2v) is 5.87. The summed E-state index contributed by atoms with van der Waals surface area (Å²) in [7, 11) is 1.88. The lowest BCUT2D eigenvalue weighted by Crippen LogP contribution is -2.31. The molecular formula is C21H26N2O5. The van der Waals surface area contributed by atoms with E-state index in [1.165, 1.54) is 0 Å². The van der Waals surface area contributed by atoms with E-state index in [4.69, 9.17) is 14.7 Å². The molecule has 0 aromatic heterocycles. The van der Waals surface area contributed by atoms with Crippen LogP contribution >= 0.6 is 0 Å². The zero-order valence-electron chi connectivity index (χ0n) is 16.1. The SMILES string of the molecule is C=O.CCOc1ccc(CC=O)c(C(CC(=O)NO)N(C)c2ccccc2)c1. The van der Waals surface area contributed by atoms with Crippen LogP contribution in [-0.2, 0) is 20.8 Å². The molecule has 1 amide bonds. The molecule has 1 atom stereocenters. The molecule has 2 aromatic carbocycles. The number of rotatable bonds is 9. The predicted octanol–water partition coefficient (Wildman–Crippen LogP) is 2.71. The molecule has 0 radical (unpaired) electrons. The molecule has 1 unspecified atom stereocenters. The Balaban J connectivity index is 0.00000190. The molecule has 150 valence electrons. The first-order valence-electron chi connectivity index (χ1n) is 8.79. The lowest BCUT2D eigenvalue weighted by atomic mass is 9.94. The van der Waals surface area contributed by atoms with Crippen molar-refractivity contribution in [2.75, 3.05) is 18.6 Å². The zero-order chi connectivity index (χ0) is 20.9. The van der Waals surface area contributed by atoms with E-state index < -0.39 is 5.91 Å². The van der Waals surface area contributed by atoms with Crippen LogP contribution in [0.25, 0.3) is 0 Å². The molecule has 0 saturated carbocycles. The normalized spacial score (nSPS) is 10.8. The van der Waals surface area contributed by atoms with Gasteiger partial charge in [0, 0.05) is 19.2 Å². The fourth-order valence-electron chi connectivity index (χ4n) is 2.94. The number of carbonyl (C=O) groups excluding carboxylic acids is 3. The maximum absolute atomic E-state index is 11.9. The number of para-hydroxylation sites is 1. The van der Waals surface area contributed by atoms with Crippen LogP contribution in [0.2, 0.25) is 0 Å². The third-order valence-electron chi connectivity index (χ3n) is 4.23. The Kier molecular flexibility index (Phi) is 9.99. The first-order chi connectivity index (χ1) is 13.6. The average Bonchev–Trinajstić information content (AvgIpc) is 2.75. The number of anilines is 1. The number of hydrogen-bond acceptors (Lipinski definition) is 6. The zero-order valence-corrected chi connectivity index (χ0v) is 16.1. The standard InChI is InChI=1S/C20H24N2O4.CH2O/c1-3-26-17-10-9-15(11-12-23)18(13-17)19(14-20(24)21-25)22(2)16-7-5-4-6-8-16;1-2/h4-10,12-13,19,25H,3,11,14H2,1-2H3,(H,21,24);1H2. The van der Waals surface area contributed by atoms with Crippen LogP contribution < -0.4 is 15.1 Å². The maximum Gasteiger partial charge on any atom is 0.245 e. The van der Waals surface area contributed by atoms with E-state index in [1.807, 2.05) is 74.2 Å². The van der Waals surface area contributed by atoms with Gasteiger partial charge in [-0.2, -0.15) is 0 Å². The van der Waals surface area contributed by atoms with Gasteiger partial charge in [-0.05, 0) is 42.3 Å². The van der Waals surface area contributed by atoms with Crippen molar-refractivity contribution in [3.63, 3.8) is 0 Å². The number of nitrogens with one attached hydrogen (secondary N) is 1. The van der Waals surface area contributed by atoms with Gasteiger partial charge in [0.05, 0.1) is 19.1 Å². The van der Waals surface area contributed by atoms with E-state index in [0.29, 0.717) is 12.4 Å². The number of amides is 1. The number of aldehydes is 1. The van der Waals surface area contributed by atoms with E-state index >= 15 is 0 Å². The van der Waals surface area contributed by atoms with Crippen molar-refractivity contribution in [3.8, 4) is 5.75 Å². The lowest BCUT2D eigenvalue weighted by molar-refractivity contribution is -0.129. The van der Waals surface area contributed by atoms with Crippen LogP contribution in [0.4, 0.5) is 5.69 Å².